The van der Waals surface area contributed by atoms with E-state index in [1.807, 2.05) is 6.07 Å². The lowest BCUT2D eigenvalue weighted by atomic mass is 10.0. The third-order valence-corrected chi connectivity index (χ3v) is 4.45. The van der Waals surface area contributed by atoms with E-state index in [0.717, 1.165) is 7.57 Å². The molecule has 0 bridgehead atoms. The average Bonchev–Trinajstić information content (AvgIpc) is 2.58. The summed E-state index contributed by atoms with van der Waals surface area (Å²) in [5.74, 6) is -0.0630. The number of hydrogen-bond donors (Lipinski definition) is 1. The third kappa shape index (κ3) is 2.21. The average molecular weight is 361 g/mol. The number of thiophene rings is 1. The van der Waals surface area contributed by atoms with Crippen LogP contribution in [0.25, 0.3) is 0 Å². The zero-order chi connectivity index (χ0) is 11.7. The van der Waals surface area contributed by atoms with Crippen LogP contribution in [-0.2, 0) is 0 Å². The lowest BCUT2D eigenvalue weighted by molar-refractivity contribution is 0.103. The van der Waals surface area contributed by atoms with Gasteiger partial charge in [0.25, 0.3) is 0 Å². The minimum atomic E-state index is -0.0630. The second-order valence-corrected chi connectivity index (χ2v) is 6.90. The van der Waals surface area contributed by atoms with E-state index in [1.165, 1.54) is 11.3 Å². The van der Waals surface area contributed by atoms with Crippen molar-refractivity contribution < 1.29 is 4.79 Å². The molecule has 0 radical (unpaired) electrons. The molecule has 1 aromatic carbocycles. The molecule has 1 aromatic heterocycles. The Kier molecular flexibility index (Phi) is 3.47. The molecule has 0 fully saturated rings. The molecule has 82 valence electrons. The van der Waals surface area contributed by atoms with E-state index in [0.29, 0.717) is 16.8 Å². The number of carbonyl (C=O) groups excluding carboxylic acids is 1. The number of ketones is 1. The van der Waals surface area contributed by atoms with E-state index in [-0.39, 0.29) is 5.78 Å². The van der Waals surface area contributed by atoms with Gasteiger partial charge >= 0.3 is 0 Å². The van der Waals surface area contributed by atoms with Gasteiger partial charge in [-0.25, -0.2) is 0 Å². The Hall–Kier alpha value is -0.650. The summed E-state index contributed by atoms with van der Waals surface area (Å²) in [5, 5.41) is 0. The van der Waals surface area contributed by atoms with E-state index in [9.17, 15) is 4.79 Å². The highest BCUT2D eigenvalue weighted by atomic mass is 79.9. The predicted octanol–water partition coefficient (Wildman–Crippen LogP) is 4.09. The van der Waals surface area contributed by atoms with Crippen molar-refractivity contribution in [3.8, 4) is 0 Å². The maximum absolute atomic E-state index is 12.2. The fourth-order valence-corrected chi connectivity index (χ4v) is 4.14. The quantitative estimate of drug-likeness (QED) is 0.647. The van der Waals surface area contributed by atoms with Gasteiger partial charge in [-0.3, -0.25) is 4.79 Å². The minimum absolute atomic E-state index is 0.0630. The molecule has 1 heterocycles. The molecule has 2 aromatic rings. The van der Waals surface area contributed by atoms with Crippen LogP contribution in [0.3, 0.4) is 0 Å². The van der Waals surface area contributed by atoms with E-state index >= 15 is 0 Å². The van der Waals surface area contributed by atoms with Gasteiger partial charge in [-0.2, -0.15) is 0 Å². The molecule has 2 rings (SSSR count). The smallest absolute Gasteiger partial charge is 0.197 e. The molecule has 0 saturated carbocycles. The summed E-state index contributed by atoms with van der Waals surface area (Å²) in [6.07, 6.45) is 0. The molecule has 2 nitrogen and oxygen atoms in total. The standard InChI is InChI=1S/C11H7Br2NOS/c12-9-5-7(11(13)16-9)10(15)6-3-1-2-4-8(6)14/h1-5H,14H2. The van der Waals surface area contributed by atoms with Crippen molar-refractivity contribution in [3.63, 3.8) is 0 Å². The maximum Gasteiger partial charge on any atom is 0.197 e. The molecule has 0 saturated heterocycles. The maximum atomic E-state index is 12.2. The fraction of sp³-hybridized carbons (Fsp3) is 0. The van der Waals surface area contributed by atoms with Gasteiger partial charge in [0, 0.05) is 16.8 Å². The summed E-state index contributed by atoms with van der Waals surface area (Å²) < 4.78 is 1.73. The normalized spacial score (nSPS) is 10.4. The molecule has 0 amide bonds. The summed E-state index contributed by atoms with van der Waals surface area (Å²) in [6.45, 7) is 0. The molecule has 0 spiro atoms. The van der Waals surface area contributed by atoms with Gasteiger partial charge in [-0.1, -0.05) is 12.1 Å². The third-order valence-electron chi connectivity index (χ3n) is 2.11. The molecule has 0 aliphatic rings. The second kappa shape index (κ2) is 4.69. The number of anilines is 1. The first-order valence-electron chi connectivity index (χ1n) is 4.43. The first-order valence-corrected chi connectivity index (χ1v) is 6.84. The SMILES string of the molecule is Nc1ccccc1C(=O)c1cc(Br)sc1Br. The molecular weight excluding hydrogens is 354 g/mol. The Bertz CT molecular complexity index is 551. The van der Waals surface area contributed by atoms with Gasteiger partial charge in [0.15, 0.2) is 5.78 Å². The molecule has 0 aliphatic heterocycles. The molecule has 5 heteroatoms. The predicted molar refractivity (Wildman–Crippen MR) is 74.0 cm³/mol. The van der Waals surface area contributed by atoms with Crippen molar-refractivity contribution in [1.82, 2.24) is 0 Å². The number of benzene rings is 1. The number of carbonyl (C=O) groups is 1. The van der Waals surface area contributed by atoms with Crippen molar-refractivity contribution in [2.45, 2.75) is 0 Å². The van der Waals surface area contributed by atoms with Crippen LogP contribution in [0.2, 0.25) is 0 Å². The minimum Gasteiger partial charge on any atom is -0.398 e. The topological polar surface area (TPSA) is 43.1 Å². The summed E-state index contributed by atoms with van der Waals surface area (Å²) in [4.78, 5) is 12.2. The number of hydrogen-bond acceptors (Lipinski definition) is 3. The number of rotatable bonds is 2. The molecule has 2 N–H and O–H groups in total. The van der Waals surface area contributed by atoms with Crippen molar-refractivity contribution in [3.05, 3.63) is 49.0 Å². The Morgan fingerprint density at radius 1 is 1.19 bits per heavy atom. The zero-order valence-corrected chi connectivity index (χ0v) is 12.0. The van der Waals surface area contributed by atoms with Crippen molar-refractivity contribution >= 4 is 54.7 Å². The van der Waals surface area contributed by atoms with Crippen LogP contribution in [0.1, 0.15) is 15.9 Å². The first-order chi connectivity index (χ1) is 7.59. The molecular formula is C11H7Br2NOS. The number of para-hydroxylation sites is 1. The van der Waals surface area contributed by atoms with Gasteiger partial charge < -0.3 is 5.73 Å². The monoisotopic (exact) mass is 359 g/mol. The van der Waals surface area contributed by atoms with E-state index in [4.69, 9.17) is 5.73 Å². The first kappa shape index (κ1) is 11.8. The molecule has 0 atom stereocenters. The summed E-state index contributed by atoms with van der Waals surface area (Å²) >= 11 is 8.18. The highest BCUT2D eigenvalue weighted by molar-refractivity contribution is 9.12. The van der Waals surface area contributed by atoms with Gasteiger partial charge in [0.1, 0.15) is 0 Å². The van der Waals surface area contributed by atoms with E-state index < -0.39 is 0 Å². The second-order valence-electron chi connectivity index (χ2n) is 3.15. The van der Waals surface area contributed by atoms with Gasteiger partial charge in [0.2, 0.25) is 0 Å². The van der Waals surface area contributed by atoms with Crippen LogP contribution < -0.4 is 5.73 Å². The molecule has 0 unspecified atom stereocenters. The lowest BCUT2D eigenvalue weighted by Gasteiger charge is -2.02. The van der Waals surface area contributed by atoms with Crippen LogP contribution in [0.4, 0.5) is 5.69 Å². The Morgan fingerprint density at radius 2 is 1.88 bits per heavy atom. The largest absolute Gasteiger partial charge is 0.398 e. The van der Waals surface area contributed by atoms with E-state index in [1.54, 1.807) is 24.3 Å². The molecule has 0 aliphatic carbocycles. The van der Waals surface area contributed by atoms with Gasteiger partial charge in [-0.15, -0.1) is 11.3 Å². The van der Waals surface area contributed by atoms with Crippen LogP contribution in [0, 0.1) is 0 Å². The highest BCUT2D eigenvalue weighted by Crippen LogP contribution is 2.33. The van der Waals surface area contributed by atoms with Gasteiger partial charge in [0.05, 0.1) is 7.57 Å². The number of halogens is 2. The number of nitrogen functional groups attached to an aromatic ring is 1. The lowest BCUT2D eigenvalue weighted by Crippen LogP contribution is -2.04. The zero-order valence-electron chi connectivity index (χ0n) is 8.04. The van der Waals surface area contributed by atoms with Crippen molar-refractivity contribution in [2.24, 2.45) is 0 Å². The Labute approximate surface area is 114 Å². The van der Waals surface area contributed by atoms with Crippen molar-refractivity contribution in [1.29, 1.82) is 0 Å². The Morgan fingerprint density at radius 3 is 2.44 bits per heavy atom. The van der Waals surface area contributed by atoms with Gasteiger partial charge in [-0.05, 0) is 50.1 Å². The molecule has 16 heavy (non-hydrogen) atoms. The summed E-state index contributed by atoms with van der Waals surface area (Å²) in [6, 6.07) is 8.87. The van der Waals surface area contributed by atoms with Crippen LogP contribution in [-0.4, -0.2) is 5.78 Å². The Balaban J connectivity index is 2.47. The van der Waals surface area contributed by atoms with Crippen LogP contribution >= 0.6 is 43.2 Å². The fourth-order valence-electron chi connectivity index (χ4n) is 1.34. The summed E-state index contributed by atoms with van der Waals surface area (Å²) in [5.41, 5.74) is 7.44. The number of nitrogens with two attached hydrogens (primary N) is 1. The van der Waals surface area contributed by atoms with Crippen LogP contribution in [0.15, 0.2) is 37.9 Å². The van der Waals surface area contributed by atoms with Crippen molar-refractivity contribution in [2.75, 3.05) is 5.73 Å². The summed E-state index contributed by atoms with van der Waals surface area (Å²) in [7, 11) is 0. The van der Waals surface area contributed by atoms with Crippen LogP contribution in [0.5, 0.6) is 0 Å². The highest BCUT2D eigenvalue weighted by Gasteiger charge is 2.17. The van der Waals surface area contributed by atoms with E-state index in [2.05, 4.69) is 31.9 Å².